The molecule has 1 saturated heterocycles. The summed E-state index contributed by atoms with van der Waals surface area (Å²) in [6.45, 7) is -0.181. The second-order valence-electron chi connectivity index (χ2n) is 5.41. The summed E-state index contributed by atoms with van der Waals surface area (Å²) in [5.41, 5.74) is 0.479. The Morgan fingerprint density at radius 3 is 2.58 bits per heavy atom. The first kappa shape index (κ1) is 19.6. The van der Waals surface area contributed by atoms with E-state index in [4.69, 9.17) is 8.92 Å². The Kier molecular flexibility index (Phi) is 6.10. The zero-order valence-electron chi connectivity index (χ0n) is 14.0. The van der Waals surface area contributed by atoms with Crippen LogP contribution in [0.15, 0.2) is 29.4 Å². The predicted molar refractivity (Wildman–Crippen MR) is 88.8 cm³/mol. The van der Waals surface area contributed by atoms with E-state index in [1.54, 1.807) is 0 Å². The number of rotatable bonds is 6. The number of nitro benzene ring substituents is 1. The number of hydrogen-bond donors (Lipinski definition) is 0. The number of hydrogen-bond acceptors (Lipinski definition) is 9. The van der Waals surface area contributed by atoms with E-state index >= 15 is 0 Å². The van der Waals surface area contributed by atoms with Gasteiger partial charge < -0.3 is 9.57 Å². The number of nitrogens with zero attached hydrogens (tertiary/aromatic N) is 3. The number of non-ortho nitro benzene ring substituents is 1. The predicted octanol–water partition coefficient (Wildman–Crippen LogP) is 1.24. The lowest BCUT2D eigenvalue weighted by atomic mass is 10.2. The summed E-state index contributed by atoms with van der Waals surface area (Å²) in [6.07, 6.45) is -0.576. The van der Waals surface area contributed by atoms with Crippen LogP contribution >= 0.6 is 0 Å². The van der Waals surface area contributed by atoms with E-state index in [2.05, 4.69) is 9.99 Å². The number of nitro groups is 1. The minimum Gasteiger partial charge on any atom is -0.444 e. The Labute approximate surface area is 149 Å². The SMILES string of the molecule is CON=C1C[C@@H](OS(C)(=O)=O)CN1C(=O)OCc1ccc([N+](=O)[O-])cc1. The van der Waals surface area contributed by atoms with Crippen LogP contribution in [0.5, 0.6) is 0 Å². The minimum atomic E-state index is -3.69. The molecule has 1 amide bonds. The summed E-state index contributed by atoms with van der Waals surface area (Å²) in [6, 6.07) is 5.53. The largest absolute Gasteiger partial charge is 0.444 e. The fourth-order valence-corrected chi connectivity index (χ4v) is 2.93. The number of oxime groups is 1. The second kappa shape index (κ2) is 8.10. The molecular weight excluding hydrogens is 370 g/mol. The average Bonchev–Trinajstić information content (AvgIpc) is 2.94. The van der Waals surface area contributed by atoms with Crippen LogP contribution in [0, 0.1) is 10.1 Å². The van der Waals surface area contributed by atoms with E-state index in [-0.39, 0.29) is 31.1 Å². The lowest BCUT2D eigenvalue weighted by Crippen LogP contribution is -2.34. The van der Waals surface area contributed by atoms with Crippen LogP contribution in [0.2, 0.25) is 0 Å². The Hall–Kier alpha value is -2.73. The van der Waals surface area contributed by atoms with Gasteiger partial charge in [-0.25, -0.2) is 4.79 Å². The molecule has 0 aliphatic carbocycles. The molecule has 0 saturated carbocycles. The normalized spacial score (nSPS) is 18.8. The van der Waals surface area contributed by atoms with Gasteiger partial charge in [0, 0.05) is 18.6 Å². The van der Waals surface area contributed by atoms with Crippen molar-refractivity contribution in [2.24, 2.45) is 5.16 Å². The molecule has 1 aliphatic heterocycles. The van der Waals surface area contributed by atoms with E-state index in [1.807, 2.05) is 0 Å². The Balaban J connectivity index is 2.00. The highest BCUT2D eigenvalue weighted by molar-refractivity contribution is 7.86. The third-order valence-corrected chi connectivity index (χ3v) is 3.97. The number of likely N-dealkylation sites (tertiary alicyclic amines) is 1. The van der Waals surface area contributed by atoms with Gasteiger partial charge in [0.25, 0.3) is 15.8 Å². The smallest absolute Gasteiger partial charge is 0.415 e. The first-order valence-corrected chi connectivity index (χ1v) is 9.17. The summed E-state index contributed by atoms with van der Waals surface area (Å²) < 4.78 is 32.5. The van der Waals surface area contributed by atoms with E-state index < -0.39 is 27.2 Å². The van der Waals surface area contributed by atoms with Crippen LogP contribution in [-0.4, -0.2) is 56.2 Å². The summed E-state index contributed by atoms with van der Waals surface area (Å²) in [7, 11) is -2.40. The summed E-state index contributed by atoms with van der Waals surface area (Å²) in [5.74, 6) is 0.176. The zero-order valence-corrected chi connectivity index (χ0v) is 14.8. The summed E-state index contributed by atoms with van der Waals surface area (Å²) in [5, 5.41) is 14.3. The topological polar surface area (TPSA) is 138 Å². The molecule has 12 heteroatoms. The van der Waals surface area contributed by atoms with Gasteiger partial charge in [0.2, 0.25) is 0 Å². The Morgan fingerprint density at radius 1 is 1.38 bits per heavy atom. The number of carbonyl (C=O) groups is 1. The number of ether oxygens (including phenoxy) is 1. The number of amidine groups is 1. The number of amides is 1. The van der Waals surface area contributed by atoms with Crippen molar-refractivity contribution in [2.45, 2.75) is 19.1 Å². The maximum absolute atomic E-state index is 12.2. The number of benzene rings is 1. The molecular formula is C14H17N3O8S. The van der Waals surface area contributed by atoms with Gasteiger partial charge in [-0.1, -0.05) is 5.16 Å². The highest BCUT2D eigenvalue weighted by Gasteiger charge is 2.36. The zero-order chi connectivity index (χ0) is 19.3. The Morgan fingerprint density at radius 2 is 2.04 bits per heavy atom. The fourth-order valence-electron chi connectivity index (χ4n) is 2.31. The maximum Gasteiger partial charge on any atom is 0.415 e. The number of carbonyl (C=O) groups excluding carboxylic acids is 1. The van der Waals surface area contributed by atoms with E-state index in [0.29, 0.717) is 5.56 Å². The van der Waals surface area contributed by atoms with Crippen LogP contribution in [0.4, 0.5) is 10.5 Å². The van der Waals surface area contributed by atoms with E-state index in [9.17, 15) is 23.3 Å². The van der Waals surface area contributed by atoms with Gasteiger partial charge in [-0.2, -0.15) is 8.42 Å². The fraction of sp³-hybridized carbons (Fsp3) is 0.429. The second-order valence-corrected chi connectivity index (χ2v) is 7.01. The van der Waals surface area contributed by atoms with Crippen LogP contribution in [0.3, 0.4) is 0 Å². The molecule has 0 bridgehead atoms. The molecule has 1 heterocycles. The maximum atomic E-state index is 12.2. The molecule has 26 heavy (non-hydrogen) atoms. The highest BCUT2D eigenvalue weighted by atomic mass is 32.2. The van der Waals surface area contributed by atoms with Crippen LogP contribution in [0.1, 0.15) is 12.0 Å². The lowest BCUT2D eigenvalue weighted by molar-refractivity contribution is -0.384. The molecule has 0 radical (unpaired) electrons. The third-order valence-electron chi connectivity index (χ3n) is 3.35. The molecule has 1 atom stereocenters. The van der Waals surface area contributed by atoms with Gasteiger partial charge in [-0.15, -0.1) is 0 Å². The summed E-state index contributed by atoms with van der Waals surface area (Å²) in [4.78, 5) is 28.1. The molecule has 1 fully saturated rings. The third kappa shape index (κ3) is 5.39. The van der Waals surface area contributed by atoms with Crippen molar-refractivity contribution in [2.75, 3.05) is 19.9 Å². The van der Waals surface area contributed by atoms with E-state index in [1.165, 1.54) is 31.4 Å². The monoisotopic (exact) mass is 387 g/mol. The molecule has 142 valence electrons. The van der Waals surface area contributed by atoms with Gasteiger partial charge in [0.15, 0.2) is 5.84 Å². The van der Waals surface area contributed by atoms with Crippen molar-refractivity contribution < 1.29 is 31.9 Å². The van der Waals surface area contributed by atoms with Gasteiger partial charge in [-0.05, 0) is 17.7 Å². The summed E-state index contributed by atoms with van der Waals surface area (Å²) >= 11 is 0. The Bertz CT molecular complexity index is 806. The van der Waals surface area contributed by atoms with Gasteiger partial charge in [-0.3, -0.25) is 19.2 Å². The van der Waals surface area contributed by atoms with Crippen LogP contribution in [-0.2, 0) is 30.5 Å². The standard InChI is InChI=1S/C14H17N3O8S/c1-23-15-13-7-12(25-26(2,21)22)8-16(13)14(18)24-9-10-3-5-11(6-4-10)17(19)20/h3-6,12H,7-9H2,1-2H3/t12-/m1/s1. The highest BCUT2D eigenvalue weighted by Crippen LogP contribution is 2.20. The molecule has 2 rings (SSSR count). The van der Waals surface area contributed by atoms with Crippen molar-refractivity contribution in [1.82, 2.24) is 4.90 Å². The molecule has 11 nitrogen and oxygen atoms in total. The first-order chi connectivity index (χ1) is 12.2. The quantitative estimate of drug-likeness (QED) is 0.404. The van der Waals surface area contributed by atoms with Gasteiger partial charge in [0.05, 0.1) is 17.7 Å². The van der Waals surface area contributed by atoms with Gasteiger partial charge >= 0.3 is 6.09 Å². The molecule has 0 spiro atoms. The lowest BCUT2D eigenvalue weighted by Gasteiger charge is -2.16. The molecule has 0 aromatic heterocycles. The minimum absolute atomic E-state index is 0.0612. The van der Waals surface area contributed by atoms with Crippen molar-refractivity contribution in [3.05, 3.63) is 39.9 Å². The van der Waals surface area contributed by atoms with Crippen LogP contribution < -0.4 is 0 Å². The van der Waals surface area contributed by atoms with Crippen molar-refractivity contribution >= 4 is 27.7 Å². The van der Waals surface area contributed by atoms with Crippen molar-refractivity contribution in [3.8, 4) is 0 Å². The molecule has 1 aromatic rings. The van der Waals surface area contributed by atoms with Crippen molar-refractivity contribution in [1.29, 1.82) is 0 Å². The molecule has 0 N–H and O–H groups in total. The average molecular weight is 387 g/mol. The van der Waals surface area contributed by atoms with E-state index in [0.717, 1.165) is 11.2 Å². The van der Waals surface area contributed by atoms with Crippen molar-refractivity contribution in [3.63, 3.8) is 0 Å². The molecule has 0 unspecified atom stereocenters. The van der Waals surface area contributed by atoms with Gasteiger partial charge in [0.1, 0.15) is 19.8 Å². The molecule has 1 aromatic carbocycles. The van der Waals surface area contributed by atoms with Crippen LogP contribution in [0.25, 0.3) is 0 Å². The molecule has 1 aliphatic rings. The first-order valence-electron chi connectivity index (χ1n) is 7.35.